The molecule has 3 nitrogen and oxygen atoms in total. The maximum atomic E-state index is 13.8. The molecule has 2 N–H and O–H groups in total. The molecule has 2 aromatic carbocycles. The standard InChI is InChI=1S/C16H14F2N2O/c17-11-5-6-14(18)13(8-11)16(21)20-9-12(19)7-10-3-1-2-4-15(10)20/h1-6,8,12H,7,9,19H2. The van der Waals surface area contributed by atoms with E-state index in [1.807, 2.05) is 12.1 Å². The molecule has 0 radical (unpaired) electrons. The fourth-order valence-corrected chi connectivity index (χ4v) is 2.63. The minimum Gasteiger partial charge on any atom is -0.326 e. The van der Waals surface area contributed by atoms with Crippen molar-refractivity contribution in [3.63, 3.8) is 0 Å². The fourth-order valence-electron chi connectivity index (χ4n) is 2.63. The van der Waals surface area contributed by atoms with Gasteiger partial charge in [0.2, 0.25) is 0 Å². The van der Waals surface area contributed by atoms with Gasteiger partial charge >= 0.3 is 0 Å². The van der Waals surface area contributed by atoms with Gasteiger partial charge < -0.3 is 10.6 Å². The van der Waals surface area contributed by atoms with Gasteiger partial charge in [-0.3, -0.25) is 4.79 Å². The van der Waals surface area contributed by atoms with Gasteiger partial charge in [0, 0.05) is 18.3 Å². The number of nitrogens with two attached hydrogens (primary N) is 1. The van der Waals surface area contributed by atoms with Gasteiger partial charge in [-0.05, 0) is 36.2 Å². The van der Waals surface area contributed by atoms with Gasteiger partial charge in [-0.1, -0.05) is 18.2 Å². The van der Waals surface area contributed by atoms with Crippen LogP contribution in [0.4, 0.5) is 14.5 Å². The van der Waals surface area contributed by atoms with E-state index in [1.54, 1.807) is 12.1 Å². The number of fused-ring (bicyclic) bond motifs is 1. The Morgan fingerprint density at radius 1 is 1.19 bits per heavy atom. The number of amides is 1. The van der Waals surface area contributed by atoms with E-state index in [0.717, 1.165) is 23.8 Å². The van der Waals surface area contributed by atoms with Crippen LogP contribution in [0, 0.1) is 11.6 Å². The van der Waals surface area contributed by atoms with Gasteiger partial charge in [-0.15, -0.1) is 0 Å². The Labute approximate surface area is 121 Å². The molecule has 0 saturated heterocycles. The first-order chi connectivity index (χ1) is 10.1. The van der Waals surface area contributed by atoms with Gasteiger partial charge in [0.15, 0.2) is 0 Å². The number of benzene rings is 2. The Balaban J connectivity index is 2.04. The lowest BCUT2D eigenvalue weighted by Crippen LogP contribution is -2.46. The van der Waals surface area contributed by atoms with Crippen molar-refractivity contribution in [1.29, 1.82) is 0 Å². The first kappa shape index (κ1) is 13.7. The summed E-state index contributed by atoms with van der Waals surface area (Å²) in [7, 11) is 0. The molecule has 0 spiro atoms. The van der Waals surface area contributed by atoms with Crippen LogP contribution >= 0.6 is 0 Å². The Morgan fingerprint density at radius 2 is 1.95 bits per heavy atom. The Bertz CT molecular complexity index is 702. The average molecular weight is 288 g/mol. The summed E-state index contributed by atoms with van der Waals surface area (Å²) in [4.78, 5) is 14.0. The summed E-state index contributed by atoms with van der Waals surface area (Å²) in [5.74, 6) is -1.96. The van der Waals surface area contributed by atoms with Gasteiger partial charge in [0.05, 0.1) is 5.56 Å². The summed E-state index contributed by atoms with van der Waals surface area (Å²) >= 11 is 0. The molecular weight excluding hydrogens is 274 g/mol. The van der Waals surface area contributed by atoms with Crippen molar-refractivity contribution in [2.75, 3.05) is 11.4 Å². The van der Waals surface area contributed by atoms with E-state index in [0.29, 0.717) is 12.1 Å². The van der Waals surface area contributed by atoms with Crippen LogP contribution in [0.5, 0.6) is 0 Å². The molecule has 1 heterocycles. The zero-order valence-corrected chi connectivity index (χ0v) is 11.2. The smallest absolute Gasteiger partial charge is 0.261 e. The summed E-state index contributed by atoms with van der Waals surface area (Å²) in [6.45, 7) is 0.284. The number of anilines is 1. The predicted octanol–water partition coefficient (Wildman–Crippen LogP) is 2.50. The lowest BCUT2D eigenvalue weighted by atomic mass is 9.97. The largest absolute Gasteiger partial charge is 0.326 e. The van der Waals surface area contributed by atoms with Crippen molar-refractivity contribution in [1.82, 2.24) is 0 Å². The second-order valence-corrected chi connectivity index (χ2v) is 5.13. The van der Waals surface area contributed by atoms with E-state index in [9.17, 15) is 13.6 Å². The van der Waals surface area contributed by atoms with Crippen molar-refractivity contribution in [2.24, 2.45) is 5.73 Å². The molecular formula is C16H14F2N2O. The molecule has 3 rings (SSSR count). The molecule has 21 heavy (non-hydrogen) atoms. The highest BCUT2D eigenvalue weighted by molar-refractivity contribution is 6.07. The fraction of sp³-hybridized carbons (Fsp3) is 0.188. The highest BCUT2D eigenvalue weighted by atomic mass is 19.1. The van der Waals surface area contributed by atoms with E-state index >= 15 is 0 Å². The van der Waals surface area contributed by atoms with Gasteiger partial charge in [0.1, 0.15) is 11.6 Å². The quantitative estimate of drug-likeness (QED) is 0.876. The summed E-state index contributed by atoms with van der Waals surface area (Å²) in [6, 6.07) is 9.98. The molecule has 0 bridgehead atoms. The van der Waals surface area contributed by atoms with E-state index in [2.05, 4.69) is 0 Å². The normalized spacial score (nSPS) is 17.5. The molecule has 1 aliphatic heterocycles. The third-order valence-electron chi connectivity index (χ3n) is 3.59. The number of hydrogen-bond acceptors (Lipinski definition) is 2. The molecule has 0 fully saturated rings. The van der Waals surface area contributed by atoms with Crippen molar-refractivity contribution in [3.8, 4) is 0 Å². The number of carbonyl (C=O) groups is 1. The molecule has 1 unspecified atom stereocenters. The molecule has 0 aromatic heterocycles. The number of rotatable bonds is 1. The lowest BCUT2D eigenvalue weighted by molar-refractivity contribution is 0.0979. The first-order valence-electron chi connectivity index (χ1n) is 6.66. The number of para-hydroxylation sites is 1. The monoisotopic (exact) mass is 288 g/mol. The highest BCUT2D eigenvalue weighted by Crippen LogP contribution is 2.28. The van der Waals surface area contributed by atoms with Crippen LogP contribution in [0.15, 0.2) is 42.5 Å². The molecule has 1 aliphatic rings. The Hall–Kier alpha value is -2.27. The van der Waals surface area contributed by atoms with Crippen LogP contribution in [0.3, 0.4) is 0 Å². The zero-order chi connectivity index (χ0) is 15.0. The third kappa shape index (κ3) is 2.52. The van der Waals surface area contributed by atoms with E-state index in [1.165, 1.54) is 4.90 Å². The van der Waals surface area contributed by atoms with E-state index in [4.69, 9.17) is 5.73 Å². The average Bonchev–Trinajstić information content (AvgIpc) is 2.48. The van der Waals surface area contributed by atoms with Crippen LogP contribution < -0.4 is 10.6 Å². The van der Waals surface area contributed by atoms with Crippen LogP contribution in [-0.4, -0.2) is 18.5 Å². The van der Waals surface area contributed by atoms with Crippen molar-refractivity contribution in [2.45, 2.75) is 12.5 Å². The Morgan fingerprint density at radius 3 is 2.76 bits per heavy atom. The summed E-state index contributed by atoms with van der Waals surface area (Å²) < 4.78 is 27.1. The second kappa shape index (κ2) is 5.26. The van der Waals surface area contributed by atoms with Gasteiger partial charge in [-0.25, -0.2) is 8.78 Å². The number of carbonyl (C=O) groups excluding carboxylic acids is 1. The van der Waals surface area contributed by atoms with E-state index < -0.39 is 17.5 Å². The minimum absolute atomic E-state index is 0.222. The maximum Gasteiger partial charge on any atom is 0.261 e. The van der Waals surface area contributed by atoms with E-state index in [-0.39, 0.29) is 18.2 Å². The topological polar surface area (TPSA) is 46.3 Å². The molecule has 1 amide bonds. The SMILES string of the molecule is NC1Cc2ccccc2N(C(=O)c2cc(F)ccc2F)C1. The maximum absolute atomic E-state index is 13.8. The number of hydrogen-bond donors (Lipinski definition) is 1. The summed E-state index contributed by atoms with van der Waals surface area (Å²) in [6.07, 6.45) is 0.658. The predicted molar refractivity (Wildman–Crippen MR) is 76.2 cm³/mol. The van der Waals surface area contributed by atoms with Crippen molar-refractivity contribution >= 4 is 11.6 Å². The summed E-state index contributed by atoms with van der Waals surface area (Å²) in [5, 5.41) is 0. The first-order valence-corrected chi connectivity index (χ1v) is 6.66. The molecule has 2 aromatic rings. The highest BCUT2D eigenvalue weighted by Gasteiger charge is 2.28. The minimum atomic E-state index is -0.738. The van der Waals surface area contributed by atoms with Gasteiger partial charge in [-0.2, -0.15) is 0 Å². The van der Waals surface area contributed by atoms with Crippen LogP contribution in [0.1, 0.15) is 15.9 Å². The lowest BCUT2D eigenvalue weighted by Gasteiger charge is -2.33. The molecule has 1 atom stereocenters. The molecule has 5 heteroatoms. The van der Waals surface area contributed by atoms with Crippen LogP contribution in [0.2, 0.25) is 0 Å². The van der Waals surface area contributed by atoms with Crippen molar-refractivity contribution in [3.05, 3.63) is 65.2 Å². The Kier molecular flexibility index (Phi) is 3.43. The molecule has 108 valence electrons. The molecule has 0 saturated carbocycles. The molecule has 0 aliphatic carbocycles. The zero-order valence-electron chi connectivity index (χ0n) is 11.2. The number of halogens is 2. The van der Waals surface area contributed by atoms with Crippen molar-refractivity contribution < 1.29 is 13.6 Å². The van der Waals surface area contributed by atoms with Crippen LogP contribution in [0.25, 0.3) is 0 Å². The second-order valence-electron chi connectivity index (χ2n) is 5.13. The van der Waals surface area contributed by atoms with Crippen LogP contribution in [-0.2, 0) is 6.42 Å². The third-order valence-corrected chi connectivity index (χ3v) is 3.59. The summed E-state index contributed by atoms with van der Waals surface area (Å²) in [5.41, 5.74) is 7.32. The number of nitrogens with zero attached hydrogens (tertiary/aromatic N) is 1. The van der Waals surface area contributed by atoms with Gasteiger partial charge in [0.25, 0.3) is 5.91 Å².